The number of nitrogens with two attached hydrogens (primary N) is 1. The number of rotatable bonds is 21. The van der Waals surface area contributed by atoms with Crippen molar-refractivity contribution in [3.05, 3.63) is 0 Å². The maximum atomic E-state index is 12.7. The fraction of sp³-hybridized carbons (Fsp3) is 0.921. The lowest BCUT2D eigenvalue weighted by atomic mass is 9.91. The molecule has 2 amide bonds. The highest BCUT2D eigenvalue weighted by Gasteiger charge is 2.60. The van der Waals surface area contributed by atoms with Gasteiger partial charge in [0.1, 0.15) is 116 Å². The Bertz CT molecular complexity index is 1660. The lowest BCUT2D eigenvalue weighted by molar-refractivity contribution is -0.445. The van der Waals surface area contributed by atoms with Gasteiger partial charge in [0.2, 0.25) is 11.8 Å². The summed E-state index contributed by atoms with van der Waals surface area (Å²) in [6.45, 7) is -3.83. The van der Waals surface area contributed by atoms with Gasteiger partial charge in [0.15, 0.2) is 25.2 Å². The molecule has 0 aromatic carbocycles. The number of ether oxygens (including phenoxy) is 11. The predicted molar refractivity (Wildman–Crippen MR) is 214 cm³/mol. The summed E-state index contributed by atoms with van der Waals surface area (Å²) in [5.41, 5.74) is 5.53. The van der Waals surface area contributed by atoms with Gasteiger partial charge >= 0.3 is 5.97 Å². The van der Waals surface area contributed by atoms with Gasteiger partial charge in [-0.2, -0.15) is 0 Å². The van der Waals surface area contributed by atoms with E-state index in [1.54, 1.807) is 0 Å². The molecule has 5 heterocycles. The number of amides is 2. The molecule has 5 rings (SSSR count). The predicted octanol–water partition coefficient (Wildman–Crippen LogP) is -12.4. The highest BCUT2D eigenvalue weighted by Crippen LogP contribution is 2.39. The van der Waals surface area contributed by atoms with Crippen molar-refractivity contribution in [2.24, 2.45) is 5.73 Å². The van der Waals surface area contributed by atoms with Gasteiger partial charge in [-0.05, 0) is 0 Å². The number of aliphatic hydroxyl groups excluding tert-OH is 15. The van der Waals surface area contributed by atoms with E-state index in [4.69, 9.17) is 57.8 Å². The van der Waals surface area contributed by atoms with Gasteiger partial charge in [0.05, 0.1) is 58.3 Å². The zero-order valence-electron chi connectivity index (χ0n) is 37.5. The molecule has 26 atom stereocenters. The molecule has 0 spiro atoms. The van der Waals surface area contributed by atoms with Crippen LogP contribution in [0.1, 0.15) is 20.3 Å². The van der Waals surface area contributed by atoms with Crippen LogP contribution in [0.5, 0.6) is 0 Å². The van der Waals surface area contributed by atoms with Crippen molar-refractivity contribution >= 4 is 18.3 Å². The molecule has 0 aromatic heterocycles. The second-order valence-electron chi connectivity index (χ2n) is 17.0. The van der Waals surface area contributed by atoms with Crippen LogP contribution < -0.4 is 16.4 Å². The molecule has 5 fully saturated rings. The molecule has 0 aliphatic carbocycles. The molecular weight excluding hydrogens is 962 g/mol. The SMILES string of the molecule is CC(=O)NC1C([C@H](O)[C@H](O)CO)O[C@](OC=O)(O[C@@H]2C(O)[C@H](O[C@@H]3C(CO)O[C@@H](O[C@@H]4C(O)[C@H](OCN)OC(CO)[C@@H]4O[C@@H]4OC(CO)[C@@H](O)[C@H](O)C4O)C(NC(C)=O)[C@H]3O)OC(CO)[C@@H]2O)C[C@H]1O. The third-order valence-electron chi connectivity index (χ3n) is 12.2. The number of hydrogen-bond donors (Lipinski definition) is 18. The molecule has 32 heteroatoms. The van der Waals surface area contributed by atoms with Crippen molar-refractivity contribution < 1.29 is 143 Å². The quantitative estimate of drug-likeness (QED) is 0.0375. The van der Waals surface area contributed by atoms with Gasteiger partial charge in [-0.3, -0.25) is 14.4 Å². The summed E-state index contributed by atoms with van der Waals surface area (Å²) < 4.78 is 62.4. The van der Waals surface area contributed by atoms with Gasteiger partial charge in [-0.25, -0.2) is 0 Å². The molecule has 5 aliphatic heterocycles. The summed E-state index contributed by atoms with van der Waals surface area (Å²) in [5, 5.41) is 165. The molecule has 19 N–H and O–H groups in total. The Morgan fingerprint density at radius 3 is 1.69 bits per heavy atom. The van der Waals surface area contributed by atoms with Crippen molar-refractivity contribution in [2.75, 3.05) is 39.8 Å². The summed E-state index contributed by atoms with van der Waals surface area (Å²) in [4.78, 5) is 36.6. The Morgan fingerprint density at radius 2 is 1.13 bits per heavy atom. The minimum atomic E-state index is -2.91. The monoisotopic (exact) mass is 1030 g/mol. The summed E-state index contributed by atoms with van der Waals surface area (Å²) in [7, 11) is 0. The summed E-state index contributed by atoms with van der Waals surface area (Å²) in [5.74, 6) is -4.54. The van der Waals surface area contributed by atoms with Gasteiger partial charge in [0.25, 0.3) is 6.47 Å². The largest absolute Gasteiger partial charge is 0.410 e. The van der Waals surface area contributed by atoms with E-state index in [0.29, 0.717) is 0 Å². The minimum absolute atomic E-state index is 0.256. The zero-order valence-corrected chi connectivity index (χ0v) is 37.5. The highest BCUT2D eigenvalue weighted by molar-refractivity contribution is 5.73. The van der Waals surface area contributed by atoms with Gasteiger partial charge in [-0.15, -0.1) is 0 Å². The molecule has 0 bridgehead atoms. The Morgan fingerprint density at radius 1 is 0.629 bits per heavy atom. The van der Waals surface area contributed by atoms with Crippen LogP contribution in [0.2, 0.25) is 0 Å². The lowest BCUT2D eigenvalue weighted by Gasteiger charge is -2.51. The van der Waals surface area contributed by atoms with Crippen LogP contribution in [-0.4, -0.2) is 294 Å². The molecule has 5 saturated heterocycles. The van der Waals surface area contributed by atoms with Crippen molar-refractivity contribution in [3.8, 4) is 0 Å². The third-order valence-corrected chi connectivity index (χ3v) is 12.2. The maximum absolute atomic E-state index is 12.7. The average molecular weight is 1030 g/mol. The van der Waals surface area contributed by atoms with Crippen LogP contribution in [0.4, 0.5) is 0 Å². The van der Waals surface area contributed by atoms with Crippen molar-refractivity contribution in [1.29, 1.82) is 0 Å². The first-order chi connectivity index (χ1) is 33.1. The van der Waals surface area contributed by atoms with Gasteiger partial charge < -0.3 is 145 Å². The van der Waals surface area contributed by atoms with E-state index in [2.05, 4.69) is 10.6 Å². The van der Waals surface area contributed by atoms with E-state index in [0.717, 1.165) is 13.8 Å². The molecule has 0 saturated carbocycles. The fourth-order valence-corrected chi connectivity index (χ4v) is 8.70. The second kappa shape index (κ2) is 25.5. The van der Waals surface area contributed by atoms with Crippen LogP contribution in [0.3, 0.4) is 0 Å². The van der Waals surface area contributed by atoms with Crippen LogP contribution in [0.15, 0.2) is 0 Å². The van der Waals surface area contributed by atoms with E-state index in [9.17, 15) is 91.0 Å². The first-order valence-corrected chi connectivity index (χ1v) is 21.9. The molecule has 5 aliphatic rings. The summed E-state index contributed by atoms with van der Waals surface area (Å²) in [6.07, 6.45) is -45.3. The van der Waals surface area contributed by atoms with E-state index >= 15 is 0 Å². The first-order valence-electron chi connectivity index (χ1n) is 21.9. The van der Waals surface area contributed by atoms with E-state index in [1.165, 1.54) is 0 Å². The Kier molecular flexibility index (Phi) is 21.3. The lowest BCUT2D eigenvalue weighted by Crippen LogP contribution is -2.71. The Labute approximate surface area is 396 Å². The number of hydrogen-bond acceptors (Lipinski definition) is 30. The average Bonchev–Trinajstić information content (AvgIpc) is 3.32. The molecule has 32 nitrogen and oxygen atoms in total. The van der Waals surface area contributed by atoms with Crippen LogP contribution in [0.25, 0.3) is 0 Å². The third kappa shape index (κ3) is 12.8. The molecule has 70 heavy (non-hydrogen) atoms. The second-order valence-corrected chi connectivity index (χ2v) is 17.0. The van der Waals surface area contributed by atoms with Gasteiger partial charge in [-0.1, -0.05) is 0 Å². The molecule has 0 aromatic rings. The molecule has 0 radical (unpaired) electrons. The number of carbonyl (C=O) groups is 3. The first kappa shape index (κ1) is 58.3. The maximum Gasteiger partial charge on any atom is 0.332 e. The van der Waals surface area contributed by atoms with Crippen LogP contribution in [-0.2, 0) is 66.5 Å². The highest BCUT2D eigenvalue weighted by atomic mass is 16.9. The fourth-order valence-electron chi connectivity index (χ4n) is 8.70. The van der Waals surface area contributed by atoms with E-state index in [1.807, 2.05) is 0 Å². The number of carbonyl (C=O) groups excluding carboxylic acids is 3. The molecular formula is C38H65N3O29. The van der Waals surface area contributed by atoms with Crippen molar-refractivity contribution in [2.45, 2.75) is 179 Å². The molecule has 10 unspecified atom stereocenters. The van der Waals surface area contributed by atoms with Crippen molar-refractivity contribution in [1.82, 2.24) is 10.6 Å². The zero-order chi connectivity index (χ0) is 51.9. The Balaban J connectivity index is 1.44. The standard InChI is InChI=1S/C38H65N3O29/c1-11(48)40-19-13(50)3-38(61-10-47,69-31(19)21(52)14(51)4-42)70-32-23(54)16(6-44)63-37(27(32)58)66-29-17(7-45)64-34(20(24(29)55)41-12(2)49)68-33-28(59)35(60-9-39)65-18(8-46)30(33)67-36-26(57)25(56)22(53)15(5-43)62-36/h10,13-37,42-46,50-59H,3-9,39H2,1-2H3,(H,40,48)(H,41,49)/t13-,14-,15?,16?,17?,18?,19?,20?,21-,22-,23+,24-,25+,26?,27?,28?,29-,30+,31?,32+,33-,34+,35-,36+,37+,38+/m1/s1. The smallest absolute Gasteiger partial charge is 0.332 e. The number of nitrogens with one attached hydrogen (secondary N) is 2. The van der Waals surface area contributed by atoms with Crippen LogP contribution in [0, 0.1) is 0 Å². The topological polar surface area (TPSA) is 506 Å². The van der Waals surface area contributed by atoms with E-state index < -0.39 is 217 Å². The van der Waals surface area contributed by atoms with Gasteiger partial charge in [0, 0.05) is 13.8 Å². The summed E-state index contributed by atoms with van der Waals surface area (Å²) in [6, 6.07) is -3.37. The summed E-state index contributed by atoms with van der Waals surface area (Å²) >= 11 is 0. The minimum Gasteiger partial charge on any atom is -0.410 e. The van der Waals surface area contributed by atoms with Crippen LogP contribution >= 0.6 is 0 Å². The number of aliphatic hydroxyl groups is 15. The van der Waals surface area contributed by atoms with Crippen molar-refractivity contribution in [3.63, 3.8) is 0 Å². The van der Waals surface area contributed by atoms with E-state index in [-0.39, 0.29) is 6.47 Å². The molecule has 406 valence electrons. The normalized spacial score (nSPS) is 45.5. The Hall–Kier alpha value is -2.63.